The van der Waals surface area contributed by atoms with Gasteiger partial charge in [-0.05, 0) is 39.2 Å². The molecule has 24 heavy (non-hydrogen) atoms. The van der Waals surface area contributed by atoms with Gasteiger partial charge in [0.25, 0.3) is 0 Å². The predicted molar refractivity (Wildman–Crippen MR) is 100 cm³/mol. The first-order chi connectivity index (χ1) is 11.7. The first-order valence-electron chi connectivity index (χ1n) is 9.98. The molecule has 0 N–H and O–H groups in total. The maximum absolute atomic E-state index is 12.6. The molecule has 4 nitrogen and oxygen atoms in total. The smallest absolute Gasteiger partial charge is 0.409 e. The highest BCUT2D eigenvalue weighted by molar-refractivity contribution is 7.48. The fourth-order valence-corrected chi connectivity index (χ4v) is 4.30. The van der Waals surface area contributed by atoms with Gasteiger partial charge in [-0.3, -0.25) is 9.05 Å². The molecule has 0 saturated heterocycles. The summed E-state index contributed by atoms with van der Waals surface area (Å²) in [4.78, 5) is 0. The third-order valence-electron chi connectivity index (χ3n) is 4.30. The van der Waals surface area contributed by atoms with Gasteiger partial charge in [-0.15, -0.1) is 0 Å². The SMILES string of the molecule is CCOP(=O)(OCC)O/C1=C\CCCCCCCCCCCCC1. The standard InChI is InChI=1S/C19H37O4P/c1-3-21-24(20,22-4-2)23-19-17-15-13-11-9-7-5-6-8-10-12-14-16-18-19/h17H,3-16,18H2,1-2H3/b19-17-. The summed E-state index contributed by atoms with van der Waals surface area (Å²) in [6.45, 7) is 4.26. The second-order valence-electron chi connectivity index (χ2n) is 6.47. The summed E-state index contributed by atoms with van der Waals surface area (Å²) in [7, 11) is -3.46. The zero-order chi connectivity index (χ0) is 17.5. The van der Waals surface area contributed by atoms with Crippen molar-refractivity contribution in [1.29, 1.82) is 0 Å². The van der Waals surface area contributed by atoms with Gasteiger partial charge < -0.3 is 4.52 Å². The minimum atomic E-state index is -3.46. The van der Waals surface area contributed by atoms with E-state index in [9.17, 15) is 4.57 Å². The summed E-state index contributed by atoms with van der Waals surface area (Å²) < 4.78 is 28.8. The van der Waals surface area contributed by atoms with Crippen LogP contribution in [0.4, 0.5) is 0 Å². The molecular formula is C19H37O4P. The Labute approximate surface area is 149 Å². The fraction of sp³-hybridized carbons (Fsp3) is 0.895. The molecule has 0 bridgehead atoms. The zero-order valence-corrected chi connectivity index (χ0v) is 16.7. The molecule has 0 aromatic carbocycles. The summed E-state index contributed by atoms with van der Waals surface area (Å²) in [5, 5.41) is 0. The molecule has 5 heteroatoms. The van der Waals surface area contributed by atoms with Gasteiger partial charge in [-0.1, -0.05) is 57.8 Å². The minimum Gasteiger partial charge on any atom is -0.409 e. The van der Waals surface area contributed by atoms with Crippen LogP contribution in [0.15, 0.2) is 11.8 Å². The minimum absolute atomic E-state index is 0.324. The summed E-state index contributed by atoms with van der Waals surface area (Å²) in [6, 6.07) is 0. The van der Waals surface area contributed by atoms with Crippen LogP contribution in [-0.4, -0.2) is 13.2 Å². The van der Waals surface area contributed by atoms with E-state index < -0.39 is 7.82 Å². The number of hydrogen-bond acceptors (Lipinski definition) is 4. The average molecular weight is 360 g/mol. The van der Waals surface area contributed by atoms with Gasteiger partial charge in [0.2, 0.25) is 0 Å². The van der Waals surface area contributed by atoms with E-state index in [0.717, 1.165) is 25.0 Å². The average Bonchev–Trinajstić information content (AvgIpc) is 2.55. The van der Waals surface area contributed by atoms with E-state index in [2.05, 4.69) is 6.08 Å². The van der Waals surface area contributed by atoms with Crippen LogP contribution in [0.1, 0.15) is 97.3 Å². The summed E-state index contributed by atoms with van der Waals surface area (Å²) in [5.41, 5.74) is 0. The molecule has 0 radical (unpaired) electrons. The topological polar surface area (TPSA) is 44.8 Å². The van der Waals surface area contributed by atoms with Crippen molar-refractivity contribution in [2.75, 3.05) is 13.2 Å². The van der Waals surface area contributed by atoms with Crippen LogP contribution in [0.3, 0.4) is 0 Å². The normalized spacial score (nSPS) is 22.0. The van der Waals surface area contributed by atoms with Crippen LogP contribution >= 0.6 is 7.82 Å². The van der Waals surface area contributed by atoms with Crippen molar-refractivity contribution in [2.45, 2.75) is 97.3 Å². The summed E-state index contributed by atoms with van der Waals surface area (Å²) in [5.74, 6) is 0.787. The highest BCUT2D eigenvalue weighted by Crippen LogP contribution is 2.51. The van der Waals surface area contributed by atoms with Gasteiger partial charge in [0.1, 0.15) is 5.76 Å². The molecule has 1 aliphatic rings. The molecule has 1 aliphatic carbocycles. The lowest BCUT2D eigenvalue weighted by molar-refractivity contribution is 0.142. The van der Waals surface area contributed by atoms with E-state index in [0.29, 0.717) is 13.2 Å². The number of phosphoric ester groups is 1. The maximum atomic E-state index is 12.6. The Kier molecular flexibility index (Phi) is 12.6. The number of rotatable bonds is 6. The van der Waals surface area contributed by atoms with Gasteiger partial charge in [-0.25, -0.2) is 4.57 Å². The zero-order valence-electron chi connectivity index (χ0n) is 15.8. The maximum Gasteiger partial charge on any atom is 0.529 e. The Morgan fingerprint density at radius 3 is 1.75 bits per heavy atom. The molecule has 0 aromatic heterocycles. The van der Waals surface area contributed by atoms with Crippen molar-refractivity contribution in [3.8, 4) is 0 Å². The number of phosphoric acid groups is 1. The largest absolute Gasteiger partial charge is 0.529 e. The van der Waals surface area contributed by atoms with Crippen molar-refractivity contribution >= 4 is 7.82 Å². The Balaban J connectivity index is 2.59. The second-order valence-corrected chi connectivity index (χ2v) is 8.07. The van der Waals surface area contributed by atoms with Crippen molar-refractivity contribution in [2.24, 2.45) is 0 Å². The lowest BCUT2D eigenvalue weighted by Gasteiger charge is -2.19. The Morgan fingerprint density at radius 1 is 0.792 bits per heavy atom. The molecular weight excluding hydrogens is 323 g/mol. The van der Waals surface area contributed by atoms with E-state index in [4.69, 9.17) is 13.6 Å². The number of hydrogen-bond donors (Lipinski definition) is 0. The lowest BCUT2D eigenvalue weighted by atomic mass is 10.1. The van der Waals surface area contributed by atoms with Gasteiger partial charge >= 0.3 is 7.82 Å². The molecule has 0 heterocycles. The van der Waals surface area contributed by atoms with Gasteiger partial charge in [0.15, 0.2) is 0 Å². The monoisotopic (exact) mass is 360 g/mol. The van der Waals surface area contributed by atoms with Crippen LogP contribution in [0.2, 0.25) is 0 Å². The van der Waals surface area contributed by atoms with E-state index >= 15 is 0 Å². The molecule has 0 aliphatic heterocycles. The second kappa shape index (κ2) is 13.9. The van der Waals surface area contributed by atoms with Crippen molar-refractivity contribution < 1.29 is 18.1 Å². The molecule has 0 amide bonds. The summed E-state index contributed by atoms with van der Waals surface area (Å²) in [6.07, 6.45) is 18.0. The van der Waals surface area contributed by atoms with Gasteiger partial charge in [-0.2, -0.15) is 0 Å². The van der Waals surface area contributed by atoms with E-state index in [-0.39, 0.29) is 0 Å². The van der Waals surface area contributed by atoms with E-state index in [1.807, 2.05) is 0 Å². The molecule has 0 aromatic rings. The highest BCUT2D eigenvalue weighted by atomic mass is 31.2. The Morgan fingerprint density at radius 2 is 1.25 bits per heavy atom. The van der Waals surface area contributed by atoms with Crippen LogP contribution in [-0.2, 0) is 18.1 Å². The van der Waals surface area contributed by atoms with Crippen molar-refractivity contribution in [1.82, 2.24) is 0 Å². The third kappa shape index (κ3) is 10.5. The predicted octanol–water partition coefficient (Wildman–Crippen LogP) is 7.15. The number of allylic oxidation sites excluding steroid dienone is 2. The van der Waals surface area contributed by atoms with E-state index in [1.54, 1.807) is 13.8 Å². The molecule has 1 rings (SSSR count). The molecule has 0 spiro atoms. The molecule has 0 fully saturated rings. The third-order valence-corrected chi connectivity index (χ3v) is 5.91. The van der Waals surface area contributed by atoms with Crippen LogP contribution in [0, 0.1) is 0 Å². The molecule has 142 valence electrons. The molecule has 0 atom stereocenters. The van der Waals surface area contributed by atoms with Gasteiger partial charge in [0, 0.05) is 6.42 Å². The van der Waals surface area contributed by atoms with Crippen LogP contribution in [0.25, 0.3) is 0 Å². The van der Waals surface area contributed by atoms with Crippen molar-refractivity contribution in [3.05, 3.63) is 11.8 Å². The molecule has 0 saturated carbocycles. The molecule has 0 unspecified atom stereocenters. The Bertz CT molecular complexity index is 372. The lowest BCUT2D eigenvalue weighted by Crippen LogP contribution is -2.01. The quantitative estimate of drug-likeness (QED) is 0.472. The fourth-order valence-electron chi connectivity index (χ4n) is 3.03. The van der Waals surface area contributed by atoms with Crippen LogP contribution < -0.4 is 0 Å². The van der Waals surface area contributed by atoms with Crippen molar-refractivity contribution in [3.63, 3.8) is 0 Å². The van der Waals surface area contributed by atoms with Crippen LogP contribution in [0.5, 0.6) is 0 Å². The Hall–Kier alpha value is -0.310. The first kappa shape index (κ1) is 21.7. The van der Waals surface area contributed by atoms with E-state index in [1.165, 1.54) is 64.2 Å². The van der Waals surface area contributed by atoms with Gasteiger partial charge in [0.05, 0.1) is 13.2 Å². The first-order valence-corrected chi connectivity index (χ1v) is 11.4. The highest BCUT2D eigenvalue weighted by Gasteiger charge is 2.27. The summed E-state index contributed by atoms with van der Waals surface area (Å²) >= 11 is 0.